The Hall–Kier alpha value is -2.47. The maximum absolute atomic E-state index is 12.3. The van der Waals surface area contributed by atoms with Crippen LogP contribution in [-0.4, -0.2) is 20.6 Å². The molecule has 3 rings (SSSR count). The van der Waals surface area contributed by atoms with Crippen LogP contribution in [0.15, 0.2) is 28.8 Å². The molecule has 2 N–H and O–H groups in total. The lowest BCUT2D eigenvalue weighted by Crippen LogP contribution is -2.32. The minimum absolute atomic E-state index is 0.0530. The summed E-state index contributed by atoms with van der Waals surface area (Å²) in [5, 5.41) is 12.0. The minimum atomic E-state index is -0.322. The van der Waals surface area contributed by atoms with Crippen LogP contribution >= 0.6 is 12.2 Å². The lowest BCUT2D eigenvalue weighted by atomic mass is 10.1. The maximum Gasteiger partial charge on any atom is 0.277 e. The van der Waals surface area contributed by atoms with Crippen molar-refractivity contribution in [1.29, 1.82) is 0 Å². The number of rotatable bonds is 4. The molecule has 0 aliphatic carbocycles. The highest BCUT2D eigenvalue weighted by Crippen LogP contribution is 2.21. The second-order valence-electron chi connectivity index (χ2n) is 5.85. The first-order valence-electron chi connectivity index (χ1n) is 7.95. The normalized spacial score (nSPS) is 15.1. The zero-order valence-electron chi connectivity index (χ0n) is 13.7. The number of aryl methyl sites for hydroxylation is 1. The van der Waals surface area contributed by atoms with E-state index in [1.54, 1.807) is 16.7 Å². The molecule has 0 spiro atoms. The van der Waals surface area contributed by atoms with Crippen molar-refractivity contribution in [3.8, 4) is 5.88 Å². The number of aromatic hydroxyl groups is 1. The molecule has 0 saturated carbocycles. The molecular formula is C18H19N3O2S. The number of carbonyl (C=O) groups excluding carboxylic acids is 1. The summed E-state index contributed by atoms with van der Waals surface area (Å²) in [4.78, 5) is 19.4. The van der Waals surface area contributed by atoms with E-state index in [1.165, 1.54) is 0 Å². The molecule has 0 fully saturated rings. The van der Waals surface area contributed by atoms with Gasteiger partial charge in [-0.25, -0.2) is 4.99 Å². The fourth-order valence-electron chi connectivity index (χ4n) is 2.71. The van der Waals surface area contributed by atoms with Crippen LogP contribution in [0.1, 0.15) is 31.0 Å². The summed E-state index contributed by atoms with van der Waals surface area (Å²) in [6.07, 6.45) is 5.31. The average Bonchev–Trinajstić information content (AvgIpc) is 2.81. The summed E-state index contributed by atoms with van der Waals surface area (Å²) in [7, 11) is 0. The van der Waals surface area contributed by atoms with Crippen LogP contribution in [0.2, 0.25) is 0 Å². The summed E-state index contributed by atoms with van der Waals surface area (Å²) < 4.78 is 2.09. The van der Waals surface area contributed by atoms with E-state index in [0.717, 1.165) is 23.6 Å². The van der Waals surface area contributed by atoms with Gasteiger partial charge in [0.2, 0.25) is 5.88 Å². The number of nitrogens with one attached hydrogen (secondary N) is 1. The Bertz CT molecular complexity index is 1010. The van der Waals surface area contributed by atoms with Gasteiger partial charge in [0.1, 0.15) is 5.69 Å². The van der Waals surface area contributed by atoms with Crippen molar-refractivity contribution >= 4 is 30.3 Å². The van der Waals surface area contributed by atoms with Crippen LogP contribution in [0.3, 0.4) is 0 Å². The number of hydrogen-bond acceptors (Lipinski definition) is 3. The third kappa shape index (κ3) is 2.97. The molecule has 24 heavy (non-hydrogen) atoms. The molecule has 1 aromatic carbocycles. The predicted octanol–water partition coefficient (Wildman–Crippen LogP) is 2.38. The van der Waals surface area contributed by atoms with Gasteiger partial charge in [-0.1, -0.05) is 31.5 Å². The Labute approximate surface area is 144 Å². The van der Waals surface area contributed by atoms with Gasteiger partial charge in [0, 0.05) is 17.3 Å². The van der Waals surface area contributed by atoms with Crippen molar-refractivity contribution in [2.24, 2.45) is 4.99 Å². The number of para-hydroxylation sites is 1. The van der Waals surface area contributed by atoms with Gasteiger partial charge in [0.15, 0.2) is 4.77 Å². The molecule has 1 amide bonds. The van der Waals surface area contributed by atoms with Crippen LogP contribution in [0.5, 0.6) is 5.88 Å². The third-order valence-corrected chi connectivity index (χ3v) is 4.38. The number of aromatic amines is 1. The molecule has 1 aliphatic rings. The van der Waals surface area contributed by atoms with E-state index in [9.17, 15) is 9.90 Å². The van der Waals surface area contributed by atoms with E-state index in [4.69, 9.17) is 12.2 Å². The number of amides is 1. The molecule has 2 aromatic rings. The van der Waals surface area contributed by atoms with Gasteiger partial charge >= 0.3 is 0 Å². The van der Waals surface area contributed by atoms with E-state index in [2.05, 4.69) is 16.9 Å². The van der Waals surface area contributed by atoms with Gasteiger partial charge in [-0.2, -0.15) is 0 Å². The highest BCUT2D eigenvalue weighted by molar-refractivity contribution is 7.71. The predicted molar refractivity (Wildman–Crippen MR) is 95.6 cm³/mol. The summed E-state index contributed by atoms with van der Waals surface area (Å²) >= 11 is 5.25. The highest BCUT2D eigenvalue weighted by Gasteiger charge is 2.15. The fourth-order valence-corrected chi connectivity index (χ4v) is 3.00. The summed E-state index contributed by atoms with van der Waals surface area (Å²) in [6.45, 7) is 4.65. The molecular weight excluding hydrogens is 322 g/mol. The van der Waals surface area contributed by atoms with Gasteiger partial charge in [-0.3, -0.25) is 9.36 Å². The zero-order valence-corrected chi connectivity index (χ0v) is 14.5. The molecule has 5 nitrogen and oxygen atoms in total. The lowest BCUT2D eigenvalue weighted by molar-refractivity contribution is -0.114. The van der Waals surface area contributed by atoms with Gasteiger partial charge < -0.3 is 10.1 Å². The molecule has 1 aliphatic heterocycles. The van der Waals surface area contributed by atoms with Crippen molar-refractivity contribution in [2.45, 2.75) is 33.2 Å². The van der Waals surface area contributed by atoms with E-state index >= 15 is 0 Å². The van der Waals surface area contributed by atoms with Gasteiger partial charge in [-0.05, 0) is 43.3 Å². The second-order valence-corrected chi connectivity index (χ2v) is 6.23. The van der Waals surface area contributed by atoms with E-state index in [-0.39, 0.29) is 11.8 Å². The molecule has 0 radical (unpaired) electrons. The number of nitrogens with zero attached hydrogens (tertiary/aromatic N) is 2. The minimum Gasteiger partial charge on any atom is -0.493 e. The monoisotopic (exact) mass is 341 g/mol. The van der Waals surface area contributed by atoms with Crippen molar-refractivity contribution in [2.75, 3.05) is 0 Å². The quantitative estimate of drug-likeness (QED) is 0.663. The smallest absolute Gasteiger partial charge is 0.277 e. The molecule has 0 saturated heterocycles. The Morgan fingerprint density at radius 1 is 1.42 bits per heavy atom. The Kier molecular flexibility index (Phi) is 4.49. The number of carbonyl (C=O) groups is 1. The summed E-state index contributed by atoms with van der Waals surface area (Å²) in [5.41, 5.74) is 1.81. The molecule has 0 unspecified atom stereocenters. The first-order valence-corrected chi connectivity index (χ1v) is 8.36. The van der Waals surface area contributed by atoms with Crippen molar-refractivity contribution < 1.29 is 9.90 Å². The number of imidazole rings is 1. The molecule has 124 valence electrons. The van der Waals surface area contributed by atoms with E-state index in [1.807, 2.05) is 25.1 Å². The first kappa shape index (κ1) is 16.4. The Morgan fingerprint density at radius 2 is 2.21 bits per heavy atom. The Balaban J connectivity index is 2.07. The number of hydrogen-bond donors (Lipinski definition) is 2. The second kappa shape index (κ2) is 6.57. The molecule has 0 bridgehead atoms. The average molecular weight is 341 g/mol. The van der Waals surface area contributed by atoms with Crippen molar-refractivity contribution in [1.82, 2.24) is 9.55 Å². The highest BCUT2D eigenvalue weighted by atomic mass is 32.1. The topological polar surface area (TPSA) is 70.4 Å². The standard InChI is InChI=1S/C18H19N3O2S/c1-3-4-8-21-17(23)14(19-18(21)24)10-13-9-12-7-5-6-11(2)15(12)20-16(13)22/h5-7,9-10,23H,3-4,8H2,1-2H3,(H,19,24)/b13-10+. The number of H-pyrrole nitrogens is 1. The van der Waals surface area contributed by atoms with Gasteiger partial charge in [0.05, 0.1) is 5.36 Å². The molecule has 1 aromatic heterocycles. The van der Waals surface area contributed by atoms with Crippen LogP contribution in [0.25, 0.3) is 12.2 Å². The van der Waals surface area contributed by atoms with Crippen molar-refractivity contribution in [3.05, 3.63) is 50.4 Å². The molecule has 6 heteroatoms. The first-order chi connectivity index (χ1) is 11.5. The summed E-state index contributed by atoms with van der Waals surface area (Å²) in [5.74, 6) is -0.269. The number of unbranched alkanes of at least 4 members (excludes halogenated alkanes) is 1. The molecule has 2 heterocycles. The number of fused-ring (bicyclic) bond motifs is 1. The fraction of sp³-hybridized carbons (Fsp3) is 0.278. The molecule has 0 atom stereocenters. The van der Waals surface area contributed by atoms with Crippen LogP contribution in [-0.2, 0) is 11.3 Å². The van der Waals surface area contributed by atoms with Crippen LogP contribution in [0.4, 0.5) is 0 Å². The van der Waals surface area contributed by atoms with Gasteiger partial charge in [0.25, 0.3) is 5.91 Å². The van der Waals surface area contributed by atoms with Crippen molar-refractivity contribution in [3.63, 3.8) is 0 Å². The lowest BCUT2D eigenvalue weighted by Gasteiger charge is -2.05. The van der Waals surface area contributed by atoms with E-state index in [0.29, 0.717) is 27.9 Å². The SMILES string of the molecule is CCCCn1c(O)c(/C=C2\C=c3cccc(C)c3=NC2=O)[nH]c1=S. The van der Waals surface area contributed by atoms with Crippen LogP contribution < -0.4 is 10.6 Å². The number of benzene rings is 1. The largest absolute Gasteiger partial charge is 0.493 e. The van der Waals surface area contributed by atoms with Gasteiger partial charge in [-0.15, -0.1) is 0 Å². The summed E-state index contributed by atoms with van der Waals surface area (Å²) in [6, 6.07) is 5.77. The van der Waals surface area contributed by atoms with Crippen LogP contribution in [0, 0.1) is 11.7 Å². The maximum atomic E-state index is 12.3. The zero-order chi connectivity index (χ0) is 17.3. The third-order valence-electron chi connectivity index (χ3n) is 4.06. The number of aromatic nitrogens is 2. The van der Waals surface area contributed by atoms with E-state index < -0.39 is 0 Å². The Morgan fingerprint density at radius 3 is 2.96 bits per heavy atom.